The Hall–Kier alpha value is -3.04. The summed E-state index contributed by atoms with van der Waals surface area (Å²) >= 11 is 0. The molecule has 2 fully saturated rings. The zero-order chi connectivity index (χ0) is 29.0. The van der Waals surface area contributed by atoms with Crippen molar-refractivity contribution in [1.82, 2.24) is 4.98 Å². The third kappa shape index (κ3) is 7.37. The molecular weight excluding hydrogens is 533 g/mol. The molecule has 4 atom stereocenters. The van der Waals surface area contributed by atoms with Crippen molar-refractivity contribution in [2.45, 2.75) is 46.6 Å². The van der Waals surface area contributed by atoms with Gasteiger partial charge in [0.25, 0.3) is 0 Å². The average Bonchev–Trinajstić information content (AvgIpc) is 3.51. The fourth-order valence-electron chi connectivity index (χ4n) is 5.41. The molecule has 1 N–H and O–H groups in total. The predicted octanol–water partition coefficient (Wildman–Crippen LogP) is 5.78. The molecule has 2 saturated carbocycles. The van der Waals surface area contributed by atoms with E-state index in [4.69, 9.17) is 9.47 Å². The number of benzene rings is 1. The van der Waals surface area contributed by atoms with Gasteiger partial charge in [0.05, 0.1) is 31.5 Å². The number of carboxylic acids is 1. The molecule has 1 heterocycles. The lowest BCUT2D eigenvalue weighted by molar-refractivity contribution is -0.139. The normalized spacial score (nSPS) is 22.9. The molecular formula is C31H38FNO6S. The first-order chi connectivity index (χ1) is 19.0. The third-order valence-electron chi connectivity index (χ3n) is 7.80. The first-order valence-corrected chi connectivity index (χ1v) is 15.8. The summed E-state index contributed by atoms with van der Waals surface area (Å²) in [7, 11) is -3.03. The number of carboxylic acid groups (broad SMARTS) is 1. The highest BCUT2D eigenvalue weighted by molar-refractivity contribution is 7.90. The first kappa shape index (κ1) is 29.9. The molecule has 2 aromatic rings. The Morgan fingerprint density at radius 3 is 2.75 bits per heavy atom. The summed E-state index contributed by atoms with van der Waals surface area (Å²) in [6, 6.07) is 6.67. The monoisotopic (exact) mass is 571 g/mol. The van der Waals surface area contributed by atoms with Crippen LogP contribution in [0.2, 0.25) is 0 Å². The van der Waals surface area contributed by atoms with E-state index >= 15 is 0 Å². The first-order valence-electron chi connectivity index (χ1n) is 13.8. The van der Waals surface area contributed by atoms with Gasteiger partial charge in [-0.05, 0) is 66.0 Å². The minimum Gasteiger partial charge on any atom is -0.481 e. The molecule has 0 aliphatic heterocycles. The molecule has 4 rings (SSSR count). The van der Waals surface area contributed by atoms with Crippen molar-refractivity contribution in [1.29, 1.82) is 0 Å². The van der Waals surface area contributed by atoms with E-state index in [-0.39, 0.29) is 42.5 Å². The molecule has 0 saturated heterocycles. The quantitative estimate of drug-likeness (QED) is 0.304. The number of rotatable bonds is 13. The van der Waals surface area contributed by atoms with Crippen molar-refractivity contribution >= 4 is 15.8 Å². The van der Waals surface area contributed by atoms with Crippen LogP contribution in [-0.4, -0.2) is 49.7 Å². The van der Waals surface area contributed by atoms with Gasteiger partial charge in [0.1, 0.15) is 15.7 Å². The van der Waals surface area contributed by atoms with Gasteiger partial charge in [-0.1, -0.05) is 38.5 Å². The molecule has 7 nitrogen and oxygen atoms in total. The number of hydrogen-bond donors (Lipinski definition) is 1. The van der Waals surface area contributed by atoms with E-state index in [1.165, 1.54) is 12.3 Å². The number of aromatic nitrogens is 1. The van der Waals surface area contributed by atoms with E-state index in [9.17, 15) is 22.7 Å². The lowest BCUT2D eigenvalue weighted by Gasteiger charge is -2.12. The van der Waals surface area contributed by atoms with Crippen LogP contribution in [0.3, 0.4) is 0 Å². The Labute approximate surface area is 236 Å². The summed E-state index contributed by atoms with van der Waals surface area (Å²) in [6.45, 7) is 6.85. The number of pyridine rings is 1. The molecule has 4 unspecified atom stereocenters. The van der Waals surface area contributed by atoms with Crippen molar-refractivity contribution < 1.29 is 32.2 Å². The second kappa shape index (κ2) is 12.6. The molecule has 0 radical (unpaired) electrons. The van der Waals surface area contributed by atoms with E-state index in [2.05, 4.69) is 24.9 Å². The summed E-state index contributed by atoms with van der Waals surface area (Å²) in [6.07, 6.45) is 9.23. The average molecular weight is 572 g/mol. The number of allylic oxidation sites excluding steroid dienone is 3. The lowest BCUT2D eigenvalue weighted by atomic mass is 9.95. The molecule has 9 heteroatoms. The SMILES string of the molecule is CCC(C)C=C1C(=CCOCc2cc(-c3cnc(OCCCS(C)(=O)=O)cc3C)ccc2F)CC2C(C(=O)O)C12. The highest BCUT2D eigenvalue weighted by Gasteiger charge is 2.61. The summed E-state index contributed by atoms with van der Waals surface area (Å²) in [5.74, 6) is -0.211. The van der Waals surface area contributed by atoms with Gasteiger partial charge in [-0.15, -0.1) is 0 Å². The minimum atomic E-state index is -3.03. The Bertz CT molecular complexity index is 1420. The molecule has 2 aliphatic rings. The van der Waals surface area contributed by atoms with E-state index in [0.717, 1.165) is 40.7 Å². The van der Waals surface area contributed by atoms with Gasteiger partial charge < -0.3 is 14.6 Å². The zero-order valence-electron chi connectivity index (χ0n) is 23.5. The van der Waals surface area contributed by atoms with Crippen LogP contribution in [0.4, 0.5) is 4.39 Å². The molecule has 0 bridgehead atoms. The Morgan fingerprint density at radius 1 is 1.30 bits per heavy atom. The predicted molar refractivity (Wildman–Crippen MR) is 152 cm³/mol. The van der Waals surface area contributed by atoms with Crippen LogP contribution in [0.1, 0.15) is 44.2 Å². The van der Waals surface area contributed by atoms with Crippen LogP contribution in [0, 0.1) is 36.4 Å². The summed E-state index contributed by atoms with van der Waals surface area (Å²) in [5.41, 5.74) is 5.28. The Kier molecular flexibility index (Phi) is 9.46. The van der Waals surface area contributed by atoms with E-state index in [1.807, 2.05) is 13.0 Å². The van der Waals surface area contributed by atoms with Crippen LogP contribution >= 0.6 is 0 Å². The number of nitrogens with zero attached hydrogens (tertiary/aromatic N) is 1. The van der Waals surface area contributed by atoms with Crippen molar-refractivity contribution in [3.63, 3.8) is 0 Å². The van der Waals surface area contributed by atoms with Gasteiger partial charge in [-0.25, -0.2) is 17.8 Å². The van der Waals surface area contributed by atoms with Crippen molar-refractivity contribution in [2.75, 3.05) is 25.2 Å². The van der Waals surface area contributed by atoms with Gasteiger partial charge in [0.2, 0.25) is 5.88 Å². The highest BCUT2D eigenvalue weighted by Crippen LogP contribution is 2.62. The zero-order valence-corrected chi connectivity index (χ0v) is 24.3. The number of carbonyl (C=O) groups is 1. The third-order valence-corrected chi connectivity index (χ3v) is 8.83. The van der Waals surface area contributed by atoms with Crippen LogP contribution in [0.15, 0.2) is 53.8 Å². The molecule has 0 spiro atoms. The summed E-state index contributed by atoms with van der Waals surface area (Å²) in [5, 5.41) is 9.49. The summed E-state index contributed by atoms with van der Waals surface area (Å²) < 4.78 is 48.6. The number of hydrogen-bond acceptors (Lipinski definition) is 6. The second-order valence-corrected chi connectivity index (χ2v) is 13.2. The van der Waals surface area contributed by atoms with Gasteiger partial charge in [-0.2, -0.15) is 0 Å². The van der Waals surface area contributed by atoms with Crippen molar-refractivity contribution in [3.8, 4) is 17.0 Å². The van der Waals surface area contributed by atoms with E-state index in [0.29, 0.717) is 30.4 Å². The van der Waals surface area contributed by atoms with Gasteiger partial charge in [0.15, 0.2) is 0 Å². The molecule has 40 heavy (non-hydrogen) atoms. The number of halogens is 1. The van der Waals surface area contributed by atoms with Gasteiger partial charge >= 0.3 is 5.97 Å². The van der Waals surface area contributed by atoms with Crippen molar-refractivity contribution in [2.24, 2.45) is 23.7 Å². The fourth-order valence-corrected chi connectivity index (χ4v) is 6.05. The molecule has 216 valence electrons. The number of fused-ring (bicyclic) bond motifs is 1. The minimum absolute atomic E-state index is 0.0593. The number of aliphatic carboxylic acids is 1. The van der Waals surface area contributed by atoms with Crippen LogP contribution < -0.4 is 4.74 Å². The smallest absolute Gasteiger partial charge is 0.307 e. The maximum atomic E-state index is 14.6. The topological polar surface area (TPSA) is 103 Å². The number of sulfone groups is 1. The summed E-state index contributed by atoms with van der Waals surface area (Å²) in [4.78, 5) is 15.9. The highest BCUT2D eigenvalue weighted by atomic mass is 32.2. The van der Waals surface area contributed by atoms with Crippen LogP contribution in [-0.2, 0) is 26.0 Å². The molecule has 1 aromatic heterocycles. The van der Waals surface area contributed by atoms with Crippen LogP contribution in [0.25, 0.3) is 11.1 Å². The second-order valence-electron chi connectivity index (χ2n) is 11.0. The Balaban J connectivity index is 1.37. The fraction of sp³-hybridized carbons (Fsp3) is 0.484. The van der Waals surface area contributed by atoms with Crippen LogP contribution in [0.5, 0.6) is 5.88 Å². The Morgan fingerprint density at radius 2 is 2.08 bits per heavy atom. The van der Waals surface area contributed by atoms with Crippen molar-refractivity contribution in [3.05, 3.63) is 70.7 Å². The maximum absolute atomic E-state index is 14.6. The number of ether oxygens (including phenoxy) is 2. The largest absolute Gasteiger partial charge is 0.481 e. The standard InChI is InChI=1S/C31H38FNO6S/c1-5-19(2)13-24-22(16-25-29(24)30(25)31(34)35)9-11-38-18-23-15-21(7-8-27(23)32)26-17-33-28(14-20(26)3)39-10-6-12-40(4,36)37/h7-9,13-15,17,19,25,29-30H,5-6,10-12,16,18H2,1-4H3,(H,34,35). The lowest BCUT2D eigenvalue weighted by Crippen LogP contribution is -2.08. The maximum Gasteiger partial charge on any atom is 0.307 e. The molecule has 1 aromatic carbocycles. The molecule has 0 amide bonds. The van der Waals surface area contributed by atoms with Gasteiger partial charge in [-0.3, -0.25) is 4.79 Å². The van der Waals surface area contributed by atoms with E-state index in [1.54, 1.807) is 24.4 Å². The molecule has 2 aliphatic carbocycles. The van der Waals surface area contributed by atoms with E-state index < -0.39 is 15.8 Å². The van der Waals surface area contributed by atoms with Gasteiger partial charge in [0, 0.05) is 35.6 Å². The number of aryl methyl sites for hydroxylation is 1.